The molecule has 14 nitrogen and oxygen atoms in total. The molecule has 4 atom stereocenters. The molecule has 6 aromatic carbocycles. The number of rotatable bonds is 24. The van der Waals surface area contributed by atoms with Gasteiger partial charge >= 0.3 is 11.9 Å². The Balaban J connectivity index is 0.956. The zero-order chi connectivity index (χ0) is 63.4. The fourth-order valence-corrected chi connectivity index (χ4v) is 13.7. The lowest BCUT2D eigenvalue weighted by Gasteiger charge is -2.49. The summed E-state index contributed by atoms with van der Waals surface area (Å²) in [5.41, 5.74) is -1.19. The highest BCUT2D eigenvalue weighted by molar-refractivity contribution is 5.92. The van der Waals surface area contributed by atoms with Gasteiger partial charge in [-0.1, -0.05) is 0 Å². The largest absolute Gasteiger partial charge is 0.493 e. The van der Waals surface area contributed by atoms with Crippen molar-refractivity contribution in [2.24, 2.45) is 23.7 Å². The number of anilines is 4. The molecule has 0 spiro atoms. The number of aliphatic hydroxyl groups excluding tert-OH is 4. The fourth-order valence-electron chi connectivity index (χ4n) is 13.7. The number of ether oxygens (including phenoxy) is 4. The first-order valence-electron chi connectivity index (χ1n) is 31.1. The zero-order valence-electron chi connectivity index (χ0n) is 50.1. The molecule has 90 heavy (non-hydrogen) atoms. The standard InChI is InChI=1S/C70H78F6N4O10/c71-51-1-13-57(14-2-51)77-37-27-47(28-38-77)65(83)69(35-45-87-61-21-9-55(75)10-22-61,66(84)48-29-39-78(40-30-48)58-15-3-52(72)4-16-58)89-63(81)25-26-64(82)90-70(36-46-88-62-23-11-56(76)12-24-62,67(85)49-31-41-79(42-32-49)59-17-5-53(73)6-18-59)68(86)50-33-43-80(44-34-50)60-19-7-54(74)8-20-60/h1-26,47-50,65-68,83-86H,27-46H2/b26-25+. The number of nitrogens with zero attached hydrogens (tertiary/aromatic N) is 4. The maximum atomic E-state index is 14.9. The molecule has 0 aromatic heterocycles. The van der Waals surface area contributed by atoms with Gasteiger partial charge in [0, 0.05) is 100 Å². The number of halogens is 6. The third-order valence-electron chi connectivity index (χ3n) is 18.8. The van der Waals surface area contributed by atoms with Crippen molar-refractivity contribution in [1.29, 1.82) is 0 Å². The SMILES string of the molecule is O=C(/C=C/C(=O)OC(CCOc1ccc(F)cc1)(C(O)C1CCN(c2ccc(F)cc2)CC1)C(O)C1CCN(c2ccc(F)cc2)CC1)OC(CCOc1ccc(F)cc1)(C(O)C1CCN(c2ccc(F)cc2)CC1)C(O)C1CCN(c2ccc(F)cc2)CC1. The highest BCUT2D eigenvalue weighted by atomic mass is 19.1. The van der Waals surface area contributed by atoms with E-state index in [2.05, 4.69) is 0 Å². The van der Waals surface area contributed by atoms with Gasteiger partial charge in [0.2, 0.25) is 0 Å². The van der Waals surface area contributed by atoms with Crippen molar-refractivity contribution in [3.8, 4) is 11.5 Å². The van der Waals surface area contributed by atoms with E-state index in [4.69, 9.17) is 18.9 Å². The number of benzene rings is 6. The maximum Gasteiger partial charge on any atom is 0.331 e. The summed E-state index contributed by atoms with van der Waals surface area (Å²) >= 11 is 0. The molecule has 0 bridgehead atoms. The van der Waals surface area contributed by atoms with E-state index >= 15 is 0 Å². The first-order valence-corrected chi connectivity index (χ1v) is 31.1. The Kier molecular flexibility index (Phi) is 21.7. The van der Waals surface area contributed by atoms with Crippen LogP contribution < -0.4 is 29.1 Å². The van der Waals surface area contributed by atoms with Gasteiger partial charge in [0.25, 0.3) is 0 Å². The molecule has 480 valence electrons. The van der Waals surface area contributed by atoms with Crippen molar-refractivity contribution in [1.82, 2.24) is 0 Å². The Morgan fingerprint density at radius 3 is 0.778 bits per heavy atom. The average Bonchev–Trinajstić information content (AvgIpc) is 1.15. The first-order chi connectivity index (χ1) is 43.4. The number of aliphatic hydroxyl groups is 4. The lowest BCUT2D eigenvalue weighted by Crippen LogP contribution is -2.62. The number of carbonyl (C=O) groups excluding carboxylic acids is 2. The summed E-state index contributed by atoms with van der Waals surface area (Å²) in [6.07, 6.45) is -2.37. The fraction of sp³-hybridized carbons (Fsp3) is 0.429. The number of carbonyl (C=O) groups is 2. The summed E-state index contributed by atoms with van der Waals surface area (Å²) < 4.78 is 109. The van der Waals surface area contributed by atoms with E-state index in [1.54, 1.807) is 48.5 Å². The van der Waals surface area contributed by atoms with Crippen LogP contribution in [0.4, 0.5) is 49.1 Å². The number of hydrogen-bond donors (Lipinski definition) is 4. The van der Waals surface area contributed by atoms with Gasteiger partial charge in [-0.05, 0) is 221 Å². The van der Waals surface area contributed by atoms with Crippen LogP contribution in [0.2, 0.25) is 0 Å². The minimum absolute atomic E-state index is 0.244. The first kappa shape index (κ1) is 65.2. The molecular weight excluding hydrogens is 1170 g/mol. The summed E-state index contributed by atoms with van der Waals surface area (Å²) in [5, 5.41) is 51.9. The molecule has 0 amide bonds. The van der Waals surface area contributed by atoms with Gasteiger partial charge in [0.05, 0.1) is 37.6 Å². The zero-order valence-corrected chi connectivity index (χ0v) is 50.1. The second kappa shape index (κ2) is 29.9. The highest BCUT2D eigenvalue weighted by Gasteiger charge is 2.56. The van der Waals surface area contributed by atoms with Crippen molar-refractivity contribution in [3.63, 3.8) is 0 Å². The average molecular weight is 1250 g/mol. The van der Waals surface area contributed by atoms with Crippen LogP contribution in [0.25, 0.3) is 0 Å². The Bertz CT molecular complexity index is 2900. The number of hydrogen-bond acceptors (Lipinski definition) is 14. The van der Waals surface area contributed by atoms with E-state index < -0.39 is 106 Å². The van der Waals surface area contributed by atoms with Gasteiger partial charge in [-0.25, -0.2) is 35.9 Å². The molecule has 4 saturated heterocycles. The van der Waals surface area contributed by atoms with Crippen molar-refractivity contribution in [2.45, 2.75) is 99.8 Å². The summed E-state index contributed by atoms with van der Waals surface area (Å²) in [6.45, 7) is 2.82. The maximum absolute atomic E-state index is 14.9. The number of piperidine rings is 4. The summed E-state index contributed by atoms with van der Waals surface area (Å²) in [4.78, 5) is 37.9. The quantitative estimate of drug-likeness (QED) is 0.0257. The van der Waals surface area contributed by atoms with Crippen LogP contribution in [0.5, 0.6) is 11.5 Å². The predicted octanol–water partition coefficient (Wildman–Crippen LogP) is 11.0. The molecule has 4 N–H and O–H groups in total. The molecule has 0 saturated carbocycles. The third-order valence-corrected chi connectivity index (χ3v) is 18.8. The molecule has 0 radical (unpaired) electrons. The monoisotopic (exact) mass is 1250 g/mol. The molecule has 4 aliphatic heterocycles. The van der Waals surface area contributed by atoms with E-state index in [-0.39, 0.29) is 37.6 Å². The Hall–Kier alpha value is -7.78. The van der Waals surface area contributed by atoms with Crippen molar-refractivity contribution in [3.05, 3.63) is 193 Å². The Labute approximate surface area is 520 Å². The minimum Gasteiger partial charge on any atom is -0.493 e. The molecule has 4 aliphatic rings. The molecular formula is C70H78F6N4O10. The Morgan fingerprint density at radius 1 is 0.367 bits per heavy atom. The van der Waals surface area contributed by atoms with Crippen LogP contribution in [-0.2, 0) is 19.1 Å². The van der Waals surface area contributed by atoms with E-state index in [0.29, 0.717) is 104 Å². The lowest BCUT2D eigenvalue weighted by molar-refractivity contribution is -0.216. The van der Waals surface area contributed by atoms with E-state index in [9.17, 15) is 56.4 Å². The van der Waals surface area contributed by atoms with Crippen molar-refractivity contribution >= 4 is 34.7 Å². The molecule has 20 heteroatoms. The van der Waals surface area contributed by atoms with Gasteiger partial charge in [-0.15, -0.1) is 0 Å². The van der Waals surface area contributed by atoms with Crippen molar-refractivity contribution in [2.75, 3.05) is 85.2 Å². The van der Waals surface area contributed by atoms with Crippen LogP contribution in [0.1, 0.15) is 64.2 Å². The van der Waals surface area contributed by atoms with Gasteiger partial charge in [0.15, 0.2) is 11.2 Å². The smallest absolute Gasteiger partial charge is 0.331 e. The third kappa shape index (κ3) is 16.0. The molecule has 4 unspecified atom stereocenters. The summed E-state index contributed by atoms with van der Waals surface area (Å²) in [5.74, 6) is -6.75. The van der Waals surface area contributed by atoms with Crippen molar-refractivity contribution < 1.29 is 75.3 Å². The van der Waals surface area contributed by atoms with Crippen LogP contribution in [0.15, 0.2) is 158 Å². The van der Waals surface area contributed by atoms with Gasteiger partial charge in [0.1, 0.15) is 46.4 Å². The second-order valence-electron chi connectivity index (χ2n) is 24.2. The van der Waals surface area contributed by atoms with Crippen LogP contribution >= 0.6 is 0 Å². The molecule has 4 fully saturated rings. The normalized spacial score (nSPS) is 19.4. The molecule has 0 aliphatic carbocycles. The lowest BCUT2D eigenvalue weighted by atomic mass is 9.71. The van der Waals surface area contributed by atoms with Crippen LogP contribution in [0, 0.1) is 58.6 Å². The number of esters is 2. The van der Waals surface area contributed by atoms with E-state index in [1.165, 1.54) is 97.1 Å². The Morgan fingerprint density at radius 2 is 0.567 bits per heavy atom. The van der Waals surface area contributed by atoms with E-state index in [1.807, 2.05) is 19.6 Å². The summed E-state index contributed by atoms with van der Waals surface area (Å²) in [7, 11) is 0. The van der Waals surface area contributed by atoms with E-state index in [0.717, 1.165) is 34.9 Å². The predicted molar refractivity (Wildman–Crippen MR) is 329 cm³/mol. The molecule has 6 aromatic rings. The molecule has 10 rings (SSSR count). The molecule has 4 heterocycles. The topological polar surface area (TPSA) is 165 Å². The summed E-state index contributed by atoms with van der Waals surface area (Å²) in [6, 6.07) is 34.7. The van der Waals surface area contributed by atoms with Crippen LogP contribution in [0.3, 0.4) is 0 Å². The second-order valence-corrected chi connectivity index (χ2v) is 24.2. The van der Waals surface area contributed by atoms with Gasteiger partial charge < -0.3 is 59.0 Å². The van der Waals surface area contributed by atoms with Gasteiger partial charge in [-0.2, -0.15) is 0 Å². The highest BCUT2D eigenvalue weighted by Crippen LogP contribution is 2.43. The van der Waals surface area contributed by atoms with Crippen LogP contribution in [-0.4, -0.2) is 134 Å². The minimum atomic E-state index is -2.13. The van der Waals surface area contributed by atoms with Gasteiger partial charge in [-0.3, -0.25) is 0 Å².